The lowest BCUT2D eigenvalue weighted by Gasteiger charge is -2.04. The number of aryl methyl sites for hydroxylation is 1. The summed E-state index contributed by atoms with van der Waals surface area (Å²) in [7, 11) is 0. The molecule has 0 atom stereocenters. The van der Waals surface area contributed by atoms with Gasteiger partial charge in [-0.2, -0.15) is 0 Å². The predicted octanol–water partition coefficient (Wildman–Crippen LogP) is 6.08. The fraction of sp³-hybridized carbons (Fsp3) is 0.158. The molecule has 4 nitrogen and oxygen atoms in total. The number of nitrogens with zero attached hydrogens (tertiary/aromatic N) is 2. The summed E-state index contributed by atoms with van der Waals surface area (Å²) >= 11 is 9.48. The van der Waals surface area contributed by atoms with Crippen LogP contribution >= 0.6 is 34.7 Å². The molecule has 0 saturated carbocycles. The largest absolute Gasteiger partial charge is 0.493 e. The van der Waals surface area contributed by atoms with Gasteiger partial charge in [0.25, 0.3) is 11.1 Å². The third-order valence-corrected chi connectivity index (χ3v) is 6.18. The molecule has 0 amide bonds. The van der Waals surface area contributed by atoms with Gasteiger partial charge in [0.2, 0.25) is 0 Å². The topological polar surface area (TPSA) is 48.2 Å². The normalized spacial score (nSPS) is 11.2. The molecule has 26 heavy (non-hydrogen) atoms. The molecule has 132 valence electrons. The molecular formula is C19H15ClN2O2S2. The summed E-state index contributed by atoms with van der Waals surface area (Å²) in [6, 6.07) is 16.0. The molecule has 4 rings (SSSR count). The summed E-state index contributed by atoms with van der Waals surface area (Å²) in [5.74, 6) is 2.04. The van der Waals surface area contributed by atoms with Gasteiger partial charge in [-0.1, -0.05) is 59.3 Å². The van der Waals surface area contributed by atoms with Gasteiger partial charge in [0, 0.05) is 15.8 Å². The van der Waals surface area contributed by atoms with Crippen LogP contribution in [0.1, 0.15) is 5.56 Å². The van der Waals surface area contributed by atoms with E-state index >= 15 is 0 Å². The van der Waals surface area contributed by atoms with Gasteiger partial charge in [0.05, 0.1) is 11.6 Å². The molecule has 0 saturated heterocycles. The molecule has 0 aliphatic rings. The highest BCUT2D eigenvalue weighted by atomic mass is 35.5. The second-order valence-electron chi connectivity index (χ2n) is 5.62. The van der Waals surface area contributed by atoms with Crippen molar-refractivity contribution in [2.45, 2.75) is 12.1 Å². The van der Waals surface area contributed by atoms with Crippen LogP contribution in [0.4, 0.5) is 0 Å². The van der Waals surface area contributed by atoms with Crippen LogP contribution in [0.5, 0.6) is 5.75 Å². The van der Waals surface area contributed by atoms with E-state index in [9.17, 15) is 0 Å². The van der Waals surface area contributed by atoms with E-state index in [0.717, 1.165) is 26.5 Å². The summed E-state index contributed by atoms with van der Waals surface area (Å²) in [5, 5.41) is 10.4. The van der Waals surface area contributed by atoms with E-state index < -0.39 is 0 Å². The maximum Gasteiger partial charge on any atom is 0.277 e. The number of benzene rings is 2. The third kappa shape index (κ3) is 3.72. The first-order valence-electron chi connectivity index (χ1n) is 8.04. The Morgan fingerprint density at radius 2 is 1.92 bits per heavy atom. The van der Waals surface area contributed by atoms with Crippen LogP contribution in [0, 0.1) is 6.92 Å². The molecule has 2 aromatic heterocycles. The number of aromatic nitrogens is 2. The van der Waals surface area contributed by atoms with Crippen molar-refractivity contribution in [2.75, 3.05) is 12.4 Å². The fourth-order valence-corrected chi connectivity index (χ4v) is 4.45. The van der Waals surface area contributed by atoms with Crippen LogP contribution < -0.4 is 4.74 Å². The molecule has 4 aromatic rings. The zero-order valence-electron chi connectivity index (χ0n) is 13.9. The number of fused-ring (bicyclic) bond motifs is 1. The first kappa shape index (κ1) is 17.4. The molecule has 0 aliphatic carbocycles. The lowest BCUT2D eigenvalue weighted by atomic mass is 10.2. The van der Waals surface area contributed by atoms with Crippen molar-refractivity contribution in [3.05, 3.63) is 59.1 Å². The van der Waals surface area contributed by atoms with Crippen molar-refractivity contribution in [1.29, 1.82) is 0 Å². The van der Waals surface area contributed by atoms with Gasteiger partial charge in [-0.25, -0.2) is 0 Å². The second-order valence-corrected chi connectivity index (χ2v) is 8.10. The van der Waals surface area contributed by atoms with Gasteiger partial charge < -0.3 is 9.15 Å². The minimum atomic E-state index is 0.457. The molecule has 2 heterocycles. The van der Waals surface area contributed by atoms with E-state index in [1.165, 1.54) is 17.3 Å². The van der Waals surface area contributed by atoms with Crippen LogP contribution in [0.3, 0.4) is 0 Å². The third-order valence-electron chi connectivity index (χ3n) is 3.73. The number of hydrogen-bond donors (Lipinski definition) is 0. The van der Waals surface area contributed by atoms with E-state index in [1.807, 2.05) is 48.5 Å². The SMILES string of the molecule is Cc1ccc(OCCSc2nnc(-c3sc4ccccc4c3Cl)o2)cc1. The van der Waals surface area contributed by atoms with Crippen LogP contribution in [0.25, 0.3) is 20.9 Å². The van der Waals surface area contributed by atoms with Crippen molar-refractivity contribution in [2.24, 2.45) is 0 Å². The minimum Gasteiger partial charge on any atom is -0.493 e. The predicted molar refractivity (Wildman–Crippen MR) is 108 cm³/mol. The fourth-order valence-electron chi connectivity index (χ4n) is 2.43. The number of thioether (sulfide) groups is 1. The summed E-state index contributed by atoms with van der Waals surface area (Å²) in [4.78, 5) is 0.808. The lowest BCUT2D eigenvalue weighted by Crippen LogP contribution is -1.99. The monoisotopic (exact) mass is 402 g/mol. The van der Waals surface area contributed by atoms with E-state index in [-0.39, 0.29) is 0 Å². The minimum absolute atomic E-state index is 0.457. The molecule has 0 radical (unpaired) electrons. The maximum atomic E-state index is 6.46. The average molecular weight is 403 g/mol. The smallest absolute Gasteiger partial charge is 0.277 e. The lowest BCUT2D eigenvalue weighted by molar-refractivity contribution is 0.343. The highest BCUT2D eigenvalue weighted by molar-refractivity contribution is 7.99. The quantitative estimate of drug-likeness (QED) is 0.288. The Morgan fingerprint density at radius 3 is 2.73 bits per heavy atom. The molecular weight excluding hydrogens is 388 g/mol. The van der Waals surface area contributed by atoms with Gasteiger partial charge in [0.15, 0.2) is 0 Å². The molecule has 7 heteroatoms. The Bertz CT molecular complexity index is 1030. The zero-order valence-corrected chi connectivity index (χ0v) is 16.3. The van der Waals surface area contributed by atoms with Gasteiger partial charge in [-0.15, -0.1) is 21.5 Å². The van der Waals surface area contributed by atoms with Gasteiger partial charge >= 0.3 is 0 Å². The maximum absolute atomic E-state index is 6.46. The standard InChI is InChI=1S/C19H15ClN2O2S2/c1-12-6-8-13(9-7-12)23-10-11-25-19-22-21-18(24-19)17-16(20)14-4-2-3-5-15(14)26-17/h2-9H,10-11H2,1H3. The summed E-state index contributed by atoms with van der Waals surface area (Å²) in [5.41, 5.74) is 1.21. The zero-order chi connectivity index (χ0) is 17.9. The van der Waals surface area contributed by atoms with E-state index in [0.29, 0.717) is 22.7 Å². The Hall–Kier alpha value is -2.02. The molecule has 2 aromatic carbocycles. The van der Waals surface area contributed by atoms with E-state index in [2.05, 4.69) is 17.1 Å². The van der Waals surface area contributed by atoms with E-state index in [1.54, 1.807) is 11.3 Å². The molecule has 0 bridgehead atoms. The Balaban J connectivity index is 1.38. The number of halogens is 1. The van der Waals surface area contributed by atoms with Crippen molar-refractivity contribution >= 4 is 44.8 Å². The molecule has 0 unspecified atom stereocenters. The van der Waals surface area contributed by atoms with Crippen LogP contribution in [-0.4, -0.2) is 22.6 Å². The molecule has 0 fully saturated rings. The van der Waals surface area contributed by atoms with Crippen molar-refractivity contribution in [3.63, 3.8) is 0 Å². The van der Waals surface area contributed by atoms with Crippen LogP contribution in [0.2, 0.25) is 5.02 Å². The molecule has 0 N–H and O–H groups in total. The van der Waals surface area contributed by atoms with Crippen molar-refractivity contribution in [3.8, 4) is 16.5 Å². The Labute approximate surface area is 164 Å². The summed E-state index contributed by atoms with van der Waals surface area (Å²) < 4.78 is 12.6. The Kier molecular flexibility index (Phi) is 5.15. The number of rotatable bonds is 6. The summed E-state index contributed by atoms with van der Waals surface area (Å²) in [6.07, 6.45) is 0. The average Bonchev–Trinajstić information content (AvgIpc) is 3.25. The first-order chi connectivity index (χ1) is 12.7. The highest BCUT2D eigenvalue weighted by Gasteiger charge is 2.17. The van der Waals surface area contributed by atoms with Crippen LogP contribution in [0.15, 0.2) is 58.2 Å². The van der Waals surface area contributed by atoms with Gasteiger partial charge in [0.1, 0.15) is 10.6 Å². The second kappa shape index (κ2) is 7.70. The Morgan fingerprint density at radius 1 is 1.12 bits per heavy atom. The highest BCUT2D eigenvalue weighted by Crippen LogP contribution is 2.41. The van der Waals surface area contributed by atoms with Crippen LogP contribution in [-0.2, 0) is 0 Å². The number of ether oxygens (including phenoxy) is 1. The van der Waals surface area contributed by atoms with Crippen molar-refractivity contribution in [1.82, 2.24) is 10.2 Å². The van der Waals surface area contributed by atoms with E-state index in [4.69, 9.17) is 20.8 Å². The first-order valence-corrected chi connectivity index (χ1v) is 10.2. The number of hydrogen-bond acceptors (Lipinski definition) is 6. The molecule has 0 spiro atoms. The van der Waals surface area contributed by atoms with Gasteiger partial charge in [-0.3, -0.25) is 0 Å². The van der Waals surface area contributed by atoms with Crippen molar-refractivity contribution < 1.29 is 9.15 Å². The summed E-state index contributed by atoms with van der Waals surface area (Å²) in [6.45, 7) is 2.62. The van der Waals surface area contributed by atoms with Gasteiger partial charge in [-0.05, 0) is 25.1 Å². The number of thiophene rings is 1. The molecule has 0 aliphatic heterocycles.